The zero-order valence-corrected chi connectivity index (χ0v) is 19.5. The first-order valence-electron chi connectivity index (χ1n) is 11.6. The lowest BCUT2D eigenvalue weighted by atomic mass is 9.76. The van der Waals surface area contributed by atoms with Crippen molar-refractivity contribution in [2.45, 2.75) is 12.1 Å². The molecule has 0 aliphatic rings. The fourth-order valence-electron chi connectivity index (χ4n) is 4.93. The van der Waals surface area contributed by atoms with Gasteiger partial charge in [0.2, 0.25) is 0 Å². The summed E-state index contributed by atoms with van der Waals surface area (Å²) in [6, 6.07) is 37.0. The summed E-state index contributed by atoms with van der Waals surface area (Å²) >= 11 is 0. The standard InChI is InChI=1S/C31H26N2O2/c1-35-22-25-13-11-12-24(21-34)30(25)29-20-33(23-32-29)31(26-14-5-2-6-15-26,27-16-7-3-8-17-27)28-18-9-4-10-19-28/h2-21,23H,22H2,1H3. The highest BCUT2D eigenvalue weighted by Crippen LogP contribution is 2.41. The van der Waals surface area contributed by atoms with Gasteiger partial charge in [0, 0.05) is 24.4 Å². The van der Waals surface area contributed by atoms with Crippen molar-refractivity contribution in [2.75, 3.05) is 7.11 Å². The van der Waals surface area contributed by atoms with Crippen molar-refractivity contribution in [2.24, 2.45) is 0 Å². The number of aromatic nitrogens is 2. The van der Waals surface area contributed by atoms with Crippen molar-refractivity contribution >= 4 is 6.29 Å². The lowest BCUT2D eigenvalue weighted by Gasteiger charge is -2.37. The third kappa shape index (κ3) is 3.98. The average Bonchev–Trinajstić information content (AvgIpc) is 3.41. The molecule has 0 fully saturated rings. The molecule has 0 unspecified atom stereocenters. The van der Waals surface area contributed by atoms with Crippen LogP contribution in [0.1, 0.15) is 32.6 Å². The fourth-order valence-corrected chi connectivity index (χ4v) is 4.93. The van der Waals surface area contributed by atoms with Gasteiger partial charge in [-0.25, -0.2) is 4.98 Å². The van der Waals surface area contributed by atoms with Crippen LogP contribution in [-0.2, 0) is 16.9 Å². The summed E-state index contributed by atoms with van der Waals surface area (Å²) in [5, 5.41) is 0. The molecule has 0 amide bonds. The summed E-state index contributed by atoms with van der Waals surface area (Å²) in [7, 11) is 1.65. The van der Waals surface area contributed by atoms with Crippen LogP contribution in [0.4, 0.5) is 0 Å². The summed E-state index contributed by atoms with van der Waals surface area (Å²) in [5.41, 5.74) is 5.72. The van der Waals surface area contributed by atoms with E-state index in [4.69, 9.17) is 9.72 Å². The first kappa shape index (κ1) is 22.5. The molecule has 0 saturated heterocycles. The van der Waals surface area contributed by atoms with Gasteiger partial charge in [-0.1, -0.05) is 109 Å². The maximum Gasteiger partial charge on any atom is 0.150 e. The third-order valence-corrected chi connectivity index (χ3v) is 6.41. The zero-order valence-electron chi connectivity index (χ0n) is 19.5. The van der Waals surface area contributed by atoms with Gasteiger partial charge in [0.05, 0.1) is 18.6 Å². The number of ether oxygens (including phenoxy) is 1. The van der Waals surface area contributed by atoms with Crippen LogP contribution in [0.15, 0.2) is 122 Å². The number of imidazole rings is 1. The molecule has 0 N–H and O–H groups in total. The van der Waals surface area contributed by atoms with E-state index in [0.29, 0.717) is 12.2 Å². The molecule has 0 aliphatic carbocycles. The molecule has 0 atom stereocenters. The monoisotopic (exact) mass is 458 g/mol. The van der Waals surface area contributed by atoms with Crippen molar-refractivity contribution in [3.05, 3.63) is 150 Å². The molecule has 5 rings (SSSR count). The maximum absolute atomic E-state index is 11.9. The number of methoxy groups -OCH3 is 1. The summed E-state index contributed by atoms with van der Waals surface area (Å²) in [6.07, 6.45) is 4.78. The Balaban J connectivity index is 1.81. The number of nitrogens with zero attached hydrogens (tertiary/aromatic N) is 2. The zero-order chi connectivity index (χ0) is 24.1. The van der Waals surface area contributed by atoms with E-state index in [0.717, 1.165) is 39.8 Å². The molecule has 35 heavy (non-hydrogen) atoms. The SMILES string of the molecule is COCc1cccc(C=O)c1-c1cn(C(c2ccccc2)(c2ccccc2)c2ccccc2)cn1. The minimum absolute atomic E-state index is 0.394. The molecule has 0 bridgehead atoms. The molecule has 0 aliphatic heterocycles. The summed E-state index contributed by atoms with van der Waals surface area (Å²) in [6.45, 7) is 0.394. The molecule has 1 heterocycles. The molecule has 4 heteroatoms. The van der Waals surface area contributed by atoms with Crippen LogP contribution >= 0.6 is 0 Å². The quantitative estimate of drug-likeness (QED) is 0.201. The van der Waals surface area contributed by atoms with Gasteiger partial charge >= 0.3 is 0 Å². The Labute approximate surface area is 205 Å². The van der Waals surface area contributed by atoms with Crippen molar-refractivity contribution in [3.63, 3.8) is 0 Å². The van der Waals surface area contributed by atoms with Gasteiger partial charge in [0.15, 0.2) is 6.29 Å². The van der Waals surface area contributed by atoms with Crippen LogP contribution in [0, 0.1) is 0 Å². The number of aldehydes is 1. The first-order valence-corrected chi connectivity index (χ1v) is 11.6. The Bertz CT molecular complexity index is 1310. The predicted octanol–water partition coefficient (Wildman–Crippen LogP) is 6.35. The fraction of sp³-hybridized carbons (Fsp3) is 0.0968. The van der Waals surface area contributed by atoms with Crippen LogP contribution < -0.4 is 0 Å². The van der Waals surface area contributed by atoms with Crippen molar-refractivity contribution in [1.29, 1.82) is 0 Å². The van der Waals surface area contributed by atoms with E-state index in [1.165, 1.54) is 0 Å². The second-order valence-corrected chi connectivity index (χ2v) is 8.41. The largest absolute Gasteiger partial charge is 0.380 e. The van der Waals surface area contributed by atoms with Gasteiger partial charge in [0.25, 0.3) is 0 Å². The van der Waals surface area contributed by atoms with Crippen molar-refractivity contribution < 1.29 is 9.53 Å². The Morgan fingerprint density at radius 2 is 1.31 bits per heavy atom. The van der Waals surface area contributed by atoms with E-state index in [9.17, 15) is 4.79 Å². The Morgan fingerprint density at radius 3 is 1.80 bits per heavy atom. The molecule has 4 aromatic carbocycles. The molecule has 0 radical (unpaired) electrons. The lowest BCUT2D eigenvalue weighted by molar-refractivity contribution is 0.112. The second-order valence-electron chi connectivity index (χ2n) is 8.41. The first-order chi connectivity index (χ1) is 17.3. The Kier molecular flexibility index (Phi) is 6.38. The molecule has 5 aromatic rings. The van der Waals surface area contributed by atoms with E-state index in [1.54, 1.807) is 7.11 Å². The molecular weight excluding hydrogens is 432 g/mol. The molecular formula is C31H26N2O2. The summed E-state index contributed by atoms with van der Waals surface area (Å²) < 4.78 is 7.57. The van der Waals surface area contributed by atoms with Gasteiger partial charge in [-0.15, -0.1) is 0 Å². The van der Waals surface area contributed by atoms with Crippen LogP contribution in [0.3, 0.4) is 0 Å². The Morgan fingerprint density at radius 1 is 0.771 bits per heavy atom. The van der Waals surface area contributed by atoms with Gasteiger partial charge in [0.1, 0.15) is 5.54 Å². The highest BCUT2D eigenvalue weighted by Gasteiger charge is 2.38. The van der Waals surface area contributed by atoms with E-state index in [1.807, 2.05) is 48.9 Å². The number of rotatable bonds is 8. The van der Waals surface area contributed by atoms with E-state index in [2.05, 4.69) is 77.4 Å². The van der Waals surface area contributed by atoms with Gasteiger partial charge in [-0.3, -0.25) is 4.79 Å². The summed E-state index contributed by atoms with van der Waals surface area (Å²) in [5.74, 6) is 0. The average molecular weight is 459 g/mol. The number of hydrogen-bond donors (Lipinski definition) is 0. The smallest absolute Gasteiger partial charge is 0.150 e. The highest BCUT2D eigenvalue weighted by molar-refractivity contribution is 5.88. The molecule has 4 nitrogen and oxygen atoms in total. The topological polar surface area (TPSA) is 44.1 Å². The van der Waals surface area contributed by atoms with Crippen LogP contribution in [0.25, 0.3) is 11.3 Å². The van der Waals surface area contributed by atoms with Crippen LogP contribution in [0.5, 0.6) is 0 Å². The van der Waals surface area contributed by atoms with Crippen molar-refractivity contribution in [3.8, 4) is 11.3 Å². The molecule has 172 valence electrons. The van der Waals surface area contributed by atoms with E-state index in [-0.39, 0.29) is 0 Å². The normalized spacial score (nSPS) is 11.3. The van der Waals surface area contributed by atoms with Gasteiger partial charge in [-0.05, 0) is 22.3 Å². The van der Waals surface area contributed by atoms with E-state index < -0.39 is 5.54 Å². The minimum atomic E-state index is -0.660. The number of carbonyl (C=O) groups is 1. The van der Waals surface area contributed by atoms with Gasteiger partial charge < -0.3 is 9.30 Å². The van der Waals surface area contributed by atoms with Gasteiger partial charge in [-0.2, -0.15) is 0 Å². The maximum atomic E-state index is 11.9. The lowest BCUT2D eigenvalue weighted by Crippen LogP contribution is -2.36. The minimum Gasteiger partial charge on any atom is -0.380 e. The number of hydrogen-bond acceptors (Lipinski definition) is 3. The van der Waals surface area contributed by atoms with Crippen LogP contribution in [-0.4, -0.2) is 22.9 Å². The Hall–Kier alpha value is -4.28. The summed E-state index contributed by atoms with van der Waals surface area (Å²) in [4.78, 5) is 16.8. The second kappa shape index (κ2) is 9.92. The van der Waals surface area contributed by atoms with E-state index >= 15 is 0 Å². The molecule has 0 spiro atoms. The number of carbonyl (C=O) groups excluding carboxylic acids is 1. The predicted molar refractivity (Wildman–Crippen MR) is 138 cm³/mol. The van der Waals surface area contributed by atoms with Crippen LogP contribution in [0.2, 0.25) is 0 Å². The molecule has 1 aromatic heterocycles. The highest BCUT2D eigenvalue weighted by atomic mass is 16.5. The molecule has 0 saturated carbocycles. The third-order valence-electron chi connectivity index (χ3n) is 6.41. The number of benzene rings is 4. The van der Waals surface area contributed by atoms with Crippen molar-refractivity contribution in [1.82, 2.24) is 9.55 Å².